The first-order chi connectivity index (χ1) is 12.1. The fraction of sp³-hybridized carbons (Fsp3) is 0.176. The van der Waals surface area contributed by atoms with Crippen molar-refractivity contribution in [3.8, 4) is 5.75 Å². The Morgan fingerprint density at radius 3 is 2.96 bits per heavy atom. The second kappa shape index (κ2) is 8.04. The number of aryl methyl sites for hydroxylation is 1. The third-order valence-electron chi connectivity index (χ3n) is 3.25. The summed E-state index contributed by atoms with van der Waals surface area (Å²) in [5.41, 5.74) is 1.56. The SMILES string of the molecule is Cc1cccc(OCCc2nnc(NC(=O)c3ccnc(Cl)c3)s2)c1. The topological polar surface area (TPSA) is 77.0 Å². The number of rotatable bonds is 6. The smallest absolute Gasteiger partial charge is 0.257 e. The minimum absolute atomic E-state index is 0.263. The van der Waals surface area contributed by atoms with Gasteiger partial charge >= 0.3 is 0 Å². The molecule has 3 aromatic rings. The van der Waals surface area contributed by atoms with Gasteiger partial charge in [-0.3, -0.25) is 10.1 Å². The van der Waals surface area contributed by atoms with Crippen LogP contribution in [0.2, 0.25) is 5.15 Å². The molecule has 0 aliphatic rings. The number of aromatic nitrogens is 3. The van der Waals surface area contributed by atoms with E-state index < -0.39 is 0 Å². The van der Waals surface area contributed by atoms with E-state index in [1.165, 1.54) is 23.6 Å². The molecule has 6 nitrogen and oxygen atoms in total. The van der Waals surface area contributed by atoms with Crippen molar-refractivity contribution in [2.75, 3.05) is 11.9 Å². The lowest BCUT2D eigenvalue weighted by molar-refractivity contribution is 0.102. The van der Waals surface area contributed by atoms with Gasteiger partial charge in [-0.05, 0) is 36.8 Å². The third-order valence-corrected chi connectivity index (χ3v) is 4.36. The minimum Gasteiger partial charge on any atom is -0.493 e. The number of carbonyl (C=O) groups excluding carboxylic acids is 1. The van der Waals surface area contributed by atoms with Gasteiger partial charge in [0.2, 0.25) is 5.13 Å². The number of hydrogen-bond acceptors (Lipinski definition) is 6. The number of anilines is 1. The van der Waals surface area contributed by atoms with E-state index in [1.807, 2.05) is 31.2 Å². The highest BCUT2D eigenvalue weighted by Crippen LogP contribution is 2.18. The molecule has 0 saturated carbocycles. The molecule has 2 heterocycles. The number of ether oxygens (including phenoxy) is 1. The minimum atomic E-state index is -0.303. The fourth-order valence-corrected chi connectivity index (χ4v) is 2.97. The Morgan fingerprint density at radius 2 is 2.16 bits per heavy atom. The van der Waals surface area contributed by atoms with E-state index in [0.29, 0.717) is 23.7 Å². The van der Waals surface area contributed by atoms with Crippen LogP contribution in [0.4, 0.5) is 5.13 Å². The highest BCUT2D eigenvalue weighted by Gasteiger charge is 2.11. The Bertz CT molecular complexity index is 884. The first-order valence-corrected chi connectivity index (χ1v) is 8.74. The molecule has 0 saturated heterocycles. The average Bonchev–Trinajstić information content (AvgIpc) is 3.02. The Labute approximate surface area is 153 Å². The summed E-state index contributed by atoms with van der Waals surface area (Å²) in [5.74, 6) is 0.524. The summed E-state index contributed by atoms with van der Waals surface area (Å²) < 4.78 is 5.69. The monoisotopic (exact) mass is 374 g/mol. The molecule has 0 unspecified atom stereocenters. The number of hydrogen-bond donors (Lipinski definition) is 1. The molecule has 128 valence electrons. The molecular formula is C17H15ClN4O2S. The van der Waals surface area contributed by atoms with Crippen LogP contribution in [0.1, 0.15) is 20.9 Å². The molecule has 0 aliphatic carbocycles. The first-order valence-electron chi connectivity index (χ1n) is 7.55. The molecule has 0 fully saturated rings. The summed E-state index contributed by atoms with van der Waals surface area (Å²) in [4.78, 5) is 16.0. The standard InChI is InChI=1S/C17H15ClN4O2S/c1-11-3-2-4-13(9-11)24-8-6-15-21-22-17(25-15)20-16(23)12-5-7-19-14(18)10-12/h2-5,7,9-10H,6,8H2,1H3,(H,20,22,23). The zero-order valence-corrected chi connectivity index (χ0v) is 15.0. The van der Waals surface area contributed by atoms with Crippen molar-refractivity contribution in [2.45, 2.75) is 13.3 Å². The van der Waals surface area contributed by atoms with Gasteiger partial charge in [-0.2, -0.15) is 0 Å². The summed E-state index contributed by atoms with van der Waals surface area (Å²) in [5, 5.41) is 12.2. The Balaban J connectivity index is 1.53. The quantitative estimate of drug-likeness (QED) is 0.664. The maximum Gasteiger partial charge on any atom is 0.257 e. The van der Waals surface area contributed by atoms with E-state index >= 15 is 0 Å². The van der Waals surface area contributed by atoms with Gasteiger partial charge in [0.25, 0.3) is 5.91 Å². The molecule has 1 amide bonds. The number of benzene rings is 1. The average molecular weight is 375 g/mol. The molecule has 1 N–H and O–H groups in total. The predicted molar refractivity (Wildman–Crippen MR) is 97.5 cm³/mol. The first kappa shape index (κ1) is 17.3. The maximum absolute atomic E-state index is 12.1. The van der Waals surface area contributed by atoms with Crippen molar-refractivity contribution in [3.05, 3.63) is 63.9 Å². The summed E-state index contributed by atoms with van der Waals surface area (Å²) >= 11 is 7.10. The molecule has 1 aromatic carbocycles. The number of pyridine rings is 1. The van der Waals surface area contributed by atoms with Crippen LogP contribution in [-0.2, 0) is 6.42 Å². The van der Waals surface area contributed by atoms with Crippen LogP contribution in [-0.4, -0.2) is 27.7 Å². The maximum atomic E-state index is 12.1. The van der Waals surface area contributed by atoms with Crippen LogP contribution in [0.25, 0.3) is 0 Å². The van der Waals surface area contributed by atoms with Crippen molar-refractivity contribution in [2.24, 2.45) is 0 Å². The Hall–Kier alpha value is -2.51. The Kier molecular flexibility index (Phi) is 5.57. The fourth-order valence-electron chi connectivity index (χ4n) is 2.08. The molecular weight excluding hydrogens is 360 g/mol. The van der Waals surface area contributed by atoms with Crippen molar-refractivity contribution in [3.63, 3.8) is 0 Å². The van der Waals surface area contributed by atoms with Crippen molar-refractivity contribution in [1.29, 1.82) is 0 Å². The number of amides is 1. The van der Waals surface area contributed by atoms with E-state index in [9.17, 15) is 4.79 Å². The molecule has 0 bridgehead atoms. The van der Waals surface area contributed by atoms with E-state index in [1.54, 1.807) is 6.07 Å². The van der Waals surface area contributed by atoms with Crippen LogP contribution in [0, 0.1) is 6.92 Å². The van der Waals surface area contributed by atoms with Crippen LogP contribution >= 0.6 is 22.9 Å². The molecule has 0 atom stereocenters. The van der Waals surface area contributed by atoms with Crippen LogP contribution in [0.3, 0.4) is 0 Å². The van der Waals surface area contributed by atoms with E-state index in [2.05, 4.69) is 20.5 Å². The van der Waals surface area contributed by atoms with Gasteiger partial charge in [0.05, 0.1) is 6.61 Å². The van der Waals surface area contributed by atoms with Gasteiger partial charge < -0.3 is 4.74 Å². The highest BCUT2D eigenvalue weighted by atomic mass is 35.5. The number of halogens is 1. The van der Waals surface area contributed by atoms with Crippen molar-refractivity contribution < 1.29 is 9.53 Å². The molecule has 8 heteroatoms. The second-order valence-electron chi connectivity index (χ2n) is 5.24. The Morgan fingerprint density at radius 1 is 1.28 bits per heavy atom. The van der Waals surface area contributed by atoms with E-state index in [0.717, 1.165) is 16.3 Å². The van der Waals surface area contributed by atoms with Gasteiger partial charge in [-0.25, -0.2) is 4.98 Å². The summed E-state index contributed by atoms with van der Waals surface area (Å²) in [6.45, 7) is 2.51. The highest BCUT2D eigenvalue weighted by molar-refractivity contribution is 7.15. The van der Waals surface area contributed by atoms with Crippen LogP contribution < -0.4 is 10.1 Å². The van der Waals surface area contributed by atoms with Crippen molar-refractivity contribution in [1.82, 2.24) is 15.2 Å². The molecule has 0 spiro atoms. The van der Waals surface area contributed by atoms with E-state index in [4.69, 9.17) is 16.3 Å². The summed E-state index contributed by atoms with van der Waals surface area (Å²) in [6, 6.07) is 10.9. The van der Waals surface area contributed by atoms with Gasteiger partial charge in [-0.1, -0.05) is 35.1 Å². The van der Waals surface area contributed by atoms with Gasteiger partial charge in [-0.15, -0.1) is 10.2 Å². The molecule has 3 rings (SSSR count). The van der Waals surface area contributed by atoms with Crippen LogP contribution in [0.15, 0.2) is 42.6 Å². The molecule has 2 aromatic heterocycles. The lowest BCUT2D eigenvalue weighted by Crippen LogP contribution is -2.11. The zero-order valence-electron chi connectivity index (χ0n) is 13.4. The number of nitrogens with one attached hydrogen (secondary N) is 1. The second-order valence-corrected chi connectivity index (χ2v) is 6.69. The van der Waals surface area contributed by atoms with Crippen LogP contribution in [0.5, 0.6) is 5.75 Å². The largest absolute Gasteiger partial charge is 0.493 e. The van der Waals surface area contributed by atoms with Gasteiger partial charge in [0, 0.05) is 18.2 Å². The normalized spacial score (nSPS) is 10.5. The number of nitrogens with zero attached hydrogens (tertiary/aromatic N) is 3. The zero-order chi connectivity index (χ0) is 17.6. The lowest BCUT2D eigenvalue weighted by atomic mass is 10.2. The predicted octanol–water partition coefficient (Wildman–Crippen LogP) is 3.77. The van der Waals surface area contributed by atoms with Gasteiger partial charge in [0.1, 0.15) is 15.9 Å². The lowest BCUT2D eigenvalue weighted by Gasteiger charge is -2.04. The van der Waals surface area contributed by atoms with Gasteiger partial charge in [0.15, 0.2) is 0 Å². The number of carbonyl (C=O) groups is 1. The van der Waals surface area contributed by atoms with Crippen molar-refractivity contribution >= 4 is 34.0 Å². The molecule has 0 radical (unpaired) electrons. The third kappa shape index (κ3) is 4.98. The molecule has 0 aliphatic heterocycles. The van der Waals surface area contributed by atoms with E-state index in [-0.39, 0.29) is 11.1 Å². The molecule has 25 heavy (non-hydrogen) atoms. The summed E-state index contributed by atoms with van der Waals surface area (Å²) in [7, 11) is 0. The summed E-state index contributed by atoms with van der Waals surface area (Å²) in [6.07, 6.45) is 2.09.